The average Bonchev–Trinajstić information content (AvgIpc) is 2.62. The highest BCUT2D eigenvalue weighted by Crippen LogP contribution is 2.18. The lowest BCUT2D eigenvalue weighted by atomic mass is 10.2. The highest BCUT2D eigenvalue weighted by atomic mass is 127. The second-order valence-electron chi connectivity index (χ2n) is 5.60. The summed E-state index contributed by atoms with van der Waals surface area (Å²) in [5, 5.41) is 2.78. The second-order valence-corrected chi connectivity index (χ2v) is 8.53. The fourth-order valence-electron chi connectivity index (χ4n) is 2.29. The third-order valence-electron chi connectivity index (χ3n) is 3.61. The Bertz CT molecular complexity index is 1070. The van der Waals surface area contributed by atoms with Crippen molar-refractivity contribution < 1.29 is 17.6 Å². The molecule has 0 aliphatic rings. The largest absolute Gasteiger partial charge is 0.322 e. The first-order valence-corrected chi connectivity index (χ1v) is 10.3. The van der Waals surface area contributed by atoms with E-state index < -0.39 is 15.8 Å². The van der Waals surface area contributed by atoms with Crippen molar-refractivity contribution in [2.75, 3.05) is 10.0 Å². The molecule has 5 nitrogen and oxygen atoms in total. The van der Waals surface area contributed by atoms with Gasteiger partial charge < -0.3 is 5.32 Å². The van der Waals surface area contributed by atoms with Crippen molar-refractivity contribution in [3.8, 4) is 0 Å². The van der Waals surface area contributed by atoms with Gasteiger partial charge in [-0.15, -0.1) is 0 Å². The summed E-state index contributed by atoms with van der Waals surface area (Å²) in [6.45, 7) is 0. The number of carbonyl (C=O) groups excluding carboxylic acids is 1. The van der Waals surface area contributed by atoms with Crippen LogP contribution in [0.5, 0.6) is 0 Å². The molecule has 8 heteroatoms. The number of nitrogens with one attached hydrogen (secondary N) is 2. The van der Waals surface area contributed by atoms with E-state index >= 15 is 0 Å². The summed E-state index contributed by atoms with van der Waals surface area (Å²) in [6.07, 6.45) is 0. The zero-order valence-electron chi connectivity index (χ0n) is 13.8. The molecule has 0 atom stereocenters. The lowest BCUT2D eigenvalue weighted by Crippen LogP contribution is -2.14. The minimum absolute atomic E-state index is 0.0515. The van der Waals surface area contributed by atoms with Crippen LogP contribution in [0.1, 0.15) is 10.4 Å². The normalized spacial score (nSPS) is 11.0. The smallest absolute Gasteiger partial charge is 0.261 e. The number of hydrogen-bond donors (Lipinski definition) is 2. The van der Waals surface area contributed by atoms with Crippen LogP contribution >= 0.6 is 22.6 Å². The zero-order chi connectivity index (χ0) is 19.4. The van der Waals surface area contributed by atoms with E-state index in [4.69, 9.17) is 0 Å². The van der Waals surface area contributed by atoms with E-state index in [0.29, 0.717) is 16.9 Å². The van der Waals surface area contributed by atoms with Crippen LogP contribution in [-0.2, 0) is 10.0 Å². The summed E-state index contributed by atoms with van der Waals surface area (Å²) >= 11 is 2.15. The lowest BCUT2D eigenvalue weighted by Gasteiger charge is -2.09. The summed E-state index contributed by atoms with van der Waals surface area (Å²) in [4.78, 5) is 12.2. The first-order chi connectivity index (χ1) is 12.8. The second kappa shape index (κ2) is 8.05. The molecule has 3 aromatic rings. The van der Waals surface area contributed by atoms with Crippen molar-refractivity contribution in [1.29, 1.82) is 0 Å². The molecule has 0 aromatic heterocycles. The molecule has 138 valence electrons. The summed E-state index contributed by atoms with van der Waals surface area (Å²) in [6, 6.07) is 17.9. The fourth-order valence-corrected chi connectivity index (χ4v) is 3.89. The Labute approximate surface area is 169 Å². The number of benzene rings is 3. The van der Waals surface area contributed by atoms with Crippen LogP contribution in [0.25, 0.3) is 0 Å². The summed E-state index contributed by atoms with van der Waals surface area (Å²) in [7, 11) is -3.83. The van der Waals surface area contributed by atoms with Gasteiger partial charge in [-0.1, -0.05) is 6.07 Å². The van der Waals surface area contributed by atoms with Crippen molar-refractivity contribution in [2.24, 2.45) is 0 Å². The van der Waals surface area contributed by atoms with Crippen molar-refractivity contribution in [1.82, 2.24) is 0 Å². The Kier molecular flexibility index (Phi) is 5.76. The Morgan fingerprint density at radius 2 is 1.56 bits per heavy atom. The van der Waals surface area contributed by atoms with E-state index in [0.717, 1.165) is 15.7 Å². The Hall–Kier alpha value is -2.46. The quantitative estimate of drug-likeness (QED) is 0.512. The Morgan fingerprint density at radius 1 is 0.889 bits per heavy atom. The van der Waals surface area contributed by atoms with Gasteiger partial charge in [0.2, 0.25) is 0 Å². The third-order valence-corrected chi connectivity index (χ3v) is 5.67. The molecule has 0 heterocycles. The minimum atomic E-state index is -3.83. The molecule has 0 aliphatic carbocycles. The van der Waals surface area contributed by atoms with E-state index in [1.54, 1.807) is 6.07 Å². The molecule has 0 unspecified atom stereocenters. The summed E-state index contributed by atoms with van der Waals surface area (Å²) < 4.78 is 40.9. The molecular weight excluding hydrogens is 482 g/mol. The van der Waals surface area contributed by atoms with Gasteiger partial charge in [-0.2, -0.15) is 0 Å². The highest BCUT2D eigenvalue weighted by molar-refractivity contribution is 14.1. The van der Waals surface area contributed by atoms with Gasteiger partial charge in [0, 0.05) is 20.5 Å². The van der Waals surface area contributed by atoms with Gasteiger partial charge in [0.15, 0.2) is 0 Å². The van der Waals surface area contributed by atoms with Crippen molar-refractivity contribution >= 4 is 49.9 Å². The Balaban J connectivity index is 1.71. The summed E-state index contributed by atoms with van der Waals surface area (Å²) in [5.41, 5.74) is 1.36. The average molecular weight is 496 g/mol. The number of anilines is 2. The molecule has 2 N–H and O–H groups in total. The number of hydrogen-bond acceptors (Lipinski definition) is 3. The predicted octanol–water partition coefficient (Wildman–Crippen LogP) is 4.48. The van der Waals surface area contributed by atoms with Gasteiger partial charge >= 0.3 is 0 Å². The molecular formula is C19H14FIN2O3S. The topological polar surface area (TPSA) is 75.3 Å². The van der Waals surface area contributed by atoms with Crippen molar-refractivity contribution in [3.05, 3.63) is 87.7 Å². The zero-order valence-corrected chi connectivity index (χ0v) is 16.8. The van der Waals surface area contributed by atoms with Crippen molar-refractivity contribution in [3.63, 3.8) is 0 Å². The van der Waals surface area contributed by atoms with Crippen LogP contribution in [0, 0.1) is 9.39 Å². The number of amides is 1. The molecule has 0 radical (unpaired) electrons. The number of carbonyl (C=O) groups is 1. The maximum Gasteiger partial charge on any atom is 0.261 e. The molecule has 0 bridgehead atoms. The molecule has 0 aliphatic heterocycles. The fraction of sp³-hybridized carbons (Fsp3) is 0. The van der Waals surface area contributed by atoms with Gasteiger partial charge in [0.25, 0.3) is 15.9 Å². The van der Waals surface area contributed by atoms with Gasteiger partial charge in [0.1, 0.15) is 5.82 Å². The first-order valence-electron chi connectivity index (χ1n) is 7.79. The summed E-state index contributed by atoms with van der Waals surface area (Å²) in [5.74, 6) is -0.817. The van der Waals surface area contributed by atoms with Crippen molar-refractivity contribution in [2.45, 2.75) is 4.90 Å². The number of halogens is 2. The molecule has 0 saturated carbocycles. The molecule has 27 heavy (non-hydrogen) atoms. The molecule has 3 aromatic carbocycles. The maximum absolute atomic E-state index is 12.9. The van der Waals surface area contributed by atoms with E-state index in [-0.39, 0.29) is 10.8 Å². The van der Waals surface area contributed by atoms with Crippen LogP contribution in [0.15, 0.2) is 77.7 Å². The Morgan fingerprint density at radius 3 is 2.19 bits per heavy atom. The van der Waals surface area contributed by atoms with E-state index in [9.17, 15) is 17.6 Å². The van der Waals surface area contributed by atoms with Crippen LogP contribution in [0.2, 0.25) is 0 Å². The molecule has 1 amide bonds. The standard InChI is InChI=1S/C19H14FIN2O3S/c20-14-6-10-18(11-7-14)27(25,26)23-16-8-4-13(5-9-16)19(24)22-17-3-1-2-15(21)12-17/h1-12,23H,(H,22,24). The van der Waals surface area contributed by atoms with Gasteiger partial charge in [0.05, 0.1) is 4.90 Å². The van der Waals surface area contributed by atoms with E-state index in [1.807, 2.05) is 18.2 Å². The van der Waals surface area contributed by atoms with Gasteiger partial charge in [-0.3, -0.25) is 9.52 Å². The van der Waals surface area contributed by atoms with Crippen LogP contribution in [0.3, 0.4) is 0 Å². The van der Waals surface area contributed by atoms with Crippen LogP contribution in [-0.4, -0.2) is 14.3 Å². The molecule has 0 fully saturated rings. The SMILES string of the molecule is O=C(Nc1cccc(I)c1)c1ccc(NS(=O)(=O)c2ccc(F)cc2)cc1. The van der Waals surface area contributed by atoms with E-state index in [1.165, 1.54) is 36.4 Å². The highest BCUT2D eigenvalue weighted by Gasteiger charge is 2.14. The molecule has 3 rings (SSSR count). The number of sulfonamides is 1. The molecule has 0 saturated heterocycles. The van der Waals surface area contributed by atoms with Gasteiger partial charge in [-0.05, 0) is 89.3 Å². The maximum atomic E-state index is 12.9. The van der Waals surface area contributed by atoms with Gasteiger partial charge in [-0.25, -0.2) is 12.8 Å². The molecule has 0 spiro atoms. The number of rotatable bonds is 5. The van der Waals surface area contributed by atoms with Crippen LogP contribution < -0.4 is 10.0 Å². The predicted molar refractivity (Wildman–Crippen MR) is 111 cm³/mol. The lowest BCUT2D eigenvalue weighted by molar-refractivity contribution is 0.102. The van der Waals surface area contributed by atoms with Crippen LogP contribution in [0.4, 0.5) is 15.8 Å². The monoisotopic (exact) mass is 496 g/mol. The third kappa shape index (κ3) is 5.04. The van der Waals surface area contributed by atoms with E-state index in [2.05, 4.69) is 32.6 Å². The minimum Gasteiger partial charge on any atom is -0.322 e. The first kappa shape index (κ1) is 19.3.